The molecule has 0 amide bonds. The van der Waals surface area contributed by atoms with E-state index in [4.69, 9.17) is 0 Å². The number of nitrogens with zero attached hydrogens (tertiary/aromatic N) is 2. The van der Waals surface area contributed by atoms with Crippen molar-refractivity contribution in [1.82, 2.24) is 14.9 Å². The molecule has 0 aliphatic carbocycles. The monoisotopic (exact) mass is 303 g/mol. The molecule has 3 rings (SSSR count). The Labute approximate surface area is 137 Å². The molecule has 0 spiro atoms. The van der Waals surface area contributed by atoms with Gasteiger partial charge in [-0.3, -0.25) is 4.90 Å². The van der Waals surface area contributed by atoms with Gasteiger partial charge in [-0.1, -0.05) is 57.9 Å². The summed E-state index contributed by atoms with van der Waals surface area (Å²) < 4.78 is 0. The lowest BCUT2D eigenvalue weighted by atomic mass is 10.0. The van der Waals surface area contributed by atoms with Crippen LogP contribution in [0, 0.1) is 13.8 Å². The van der Waals surface area contributed by atoms with E-state index in [0.29, 0.717) is 0 Å². The Morgan fingerprint density at radius 1 is 1.18 bits per heavy atom. The molecule has 3 heteroatoms. The maximum Gasteiger partial charge on any atom is 0.103 e. The maximum absolute atomic E-state index is 4.63. The van der Waals surface area contributed by atoms with Gasteiger partial charge in [-0.15, -0.1) is 0 Å². The lowest BCUT2D eigenvalue weighted by molar-refractivity contribution is 0.319. The predicted octanol–water partition coefficient (Wildman–Crippen LogP) is 5.33. The SMILES string of the molecule is CC.CCC.Cc1ccc2c(c1)CN(C)Cc1[nH]c(C)nc1-2.[HH]. The van der Waals surface area contributed by atoms with E-state index < -0.39 is 0 Å². The summed E-state index contributed by atoms with van der Waals surface area (Å²) >= 11 is 0. The first-order chi connectivity index (χ1) is 10.5. The molecular formula is C19H33N3. The van der Waals surface area contributed by atoms with Gasteiger partial charge in [0.2, 0.25) is 0 Å². The number of imidazole rings is 1. The molecule has 0 saturated heterocycles. The van der Waals surface area contributed by atoms with Crippen molar-refractivity contribution in [3.63, 3.8) is 0 Å². The molecule has 124 valence electrons. The molecule has 0 fully saturated rings. The van der Waals surface area contributed by atoms with Crippen LogP contribution in [0.4, 0.5) is 0 Å². The van der Waals surface area contributed by atoms with Crippen LogP contribution in [0.3, 0.4) is 0 Å². The second-order valence-corrected chi connectivity index (χ2v) is 5.69. The zero-order chi connectivity index (χ0) is 16.7. The van der Waals surface area contributed by atoms with Crippen LogP contribution in [0.2, 0.25) is 0 Å². The minimum absolute atomic E-state index is 0. The number of aryl methyl sites for hydroxylation is 2. The van der Waals surface area contributed by atoms with Gasteiger partial charge in [-0.2, -0.15) is 0 Å². The summed E-state index contributed by atoms with van der Waals surface area (Å²) in [5, 5.41) is 0. The van der Waals surface area contributed by atoms with E-state index in [9.17, 15) is 0 Å². The highest BCUT2D eigenvalue weighted by Gasteiger charge is 2.20. The number of H-pyrrole nitrogens is 1. The molecule has 0 radical (unpaired) electrons. The molecule has 0 saturated carbocycles. The molecule has 1 aromatic heterocycles. The second kappa shape index (κ2) is 8.74. The minimum Gasteiger partial charge on any atom is -0.345 e. The van der Waals surface area contributed by atoms with E-state index in [1.54, 1.807) is 0 Å². The highest BCUT2D eigenvalue weighted by molar-refractivity contribution is 5.67. The number of benzene rings is 1. The standard InChI is InChI=1S/C14H17N3.C3H8.C2H6.H2/c1-9-4-5-12-11(6-9)7-17(3)8-13-14(12)16-10(2)15-13;1-3-2;1-2;/h4-6H,7-8H2,1-3H3,(H,15,16);3H2,1-2H3;1-2H3;1H. The van der Waals surface area contributed by atoms with Crippen LogP contribution in [0.25, 0.3) is 11.3 Å². The van der Waals surface area contributed by atoms with Crippen LogP contribution < -0.4 is 0 Å². The van der Waals surface area contributed by atoms with Gasteiger partial charge < -0.3 is 4.98 Å². The van der Waals surface area contributed by atoms with Crippen molar-refractivity contribution in [2.75, 3.05) is 7.05 Å². The molecule has 0 atom stereocenters. The predicted molar refractivity (Wildman–Crippen MR) is 98.1 cm³/mol. The first kappa shape index (κ1) is 18.4. The van der Waals surface area contributed by atoms with Crippen LogP contribution in [0.5, 0.6) is 0 Å². The highest BCUT2D eigenvalue weighted by Crippen LogP contribution is 2.31. The average Bonchev–Trinajstić information content (AvgIpc) is 2.76. The number of nitrogens with one attached hydrogen (secondary N) is 1. The quantitative estimate of drug-likeness (QED) is 0.713. The number of aromatic nitrogens is 2. The Hall–Kier alpha value is -1.61. The van der Waals surface area contributed by atoms with E-state index in [1.807, 2.05) is 20.8 Å². The minimum atomic E-state index is 0. The number of fused-ring (bicyclic) bond motifs is 3. The van der Waals surface area contributed by atoms with E-state index in [1.165, 1.54) is 28.8 Å². The molecule has 1 N–H and O–H groups in total. The summed E-state index contributed by atoms with van der Waals surface area (Å²) in [6.07, 6.45) is 1.25. The lowest BCUT2D eigenvalue weighted by Gasteiger charge is -2.14. The summed E-state index contributed by atoms with van der Waals surface area (Å²) in [6, 6.07) is 6.63. The van der Waals surface area contributed by atoms with E-state index in [2.05, 4.69) is 60.9 Å². The second-order valence-electron chi connectivity index (χ2n) is 5.69. The van der Waals surface area contributed by atoms with Crippen molar-refractivity contribution in [2.45, 2.75) is 61.1 Å². The Balaban J connectivity index is 0.000000729. The van der Waals surface area contributed by atoms with Crippen LogP contribution in [0.15, 0.2) is 18.2 Å². The van der Waals surface area contributed by atoms with Gasteiger partial charge in [0.15, 0.2) is 0 Å². The molecule has 1 aliphatic heterocycles. The summed E-state index contributed by atoms with van der Waals surface area (Å²) in [5.74, 6) is 0.997. The van der Waals surface area contributed by atoms with E-state index in [0.717, 1.165) is 24.6 Å². The third-order valence-electron chi connectivity index (χ3n) is 3.28. The maximum atomic E-state index is 4.63. The Bertz CT molecular complexity index is 590. The topological polar surface area (TPSA) is 31.9 Å². The number of rotatable bonds is 0. The zero-order valence-corrected chi connectivity index (χ0v) is 15.2. The Morgan fingerprint density at radius 2 is 1.82 bits per heavy atom. The largest absolute Gasteiger partial charge is 0.345 e. The van der Waals surface area contributed by atoms with E-state index >= 15 is 0 Å². The van der Waals surface area contributed by atoms with Gasteiger partial charge in [0.25, 0.3) is 0 Å². The number of hydrogen-bond donors (Lipinski definition) is 1. The van der Waals surface area contributed by atoms with Gasteiger partial charge >= 0.3 is 0 Å². The highest BCUT2D eigenvalue weighted by atomic mass is 15.1. The molecule has 2 aromatic rings. The van der Waals surface area contributed by atoms with E-state index in [-0.39, 0.29) is 1.43 Å². The van der Waals surface area contributed by atoms with Crippen LogP contribution >= 0.6 is 0 Å². The fourth-order valence-electron chi connectivity index (χ4n) is 2.58. The fourth-order valence-corrected chi connectivity index (χ4v) is 2.58. The summed E-state index contributed by atoms with van der Waals surface area (Å²) in [5.41, 5.74) is 6.32. The smallest absolute Gasteiger partial charge is 0.103 e. The fraction of sp³-hybridized carbons (Fsp3) is 0.526. The third-order valence-corrected chi connectivity index (χ3v) is 3.28. The molecule has 22 heavy (non-hydrogen) atoms. The molecule has 0 bridgehead atoms. The van der Waals surface area contributed by atoms with Crippen molar-refractivity contribution in [1.29, 1.82) is 0 Å². The van der Waals surface area contributed by atoms with Gasteiger partial charge in [-0.05, 0) is 26.5 Å². The zero-order valence-electron chi connectivity index (χ0n) is 15.2. The lowest BCUT2D eigenvalue weighted by Crippen LogP contribution is -2.16. The molecule has 2 heterocycles. The first-order valence-corrected chi connectivity index (χ1v) is 8.39. The van der Waals surface area contributed by atoms with Crippen molar-refractivity contribution < 1.29 is 1.43 Å². The normalized spacial score (nSPS) is 12.9. The van der Waals surface area contributed by atoms with Crippen LogP contribution in [-0.4, -0.2) is 21.9 Å². The average molecular weight is 303 g/mol. The van der Waals surface area contributed by atoms with Crippen molar-refractivity contribution >= 4 is 0 Å². The summed E-state index contributed by atoms with van der Waals surface area (Å²) in [7, 11) is 2.15. The molecule has 1 aromatic carbocycles. The van der Waals surface area contributed by atoms with Crippen molar-refractivity contribution in [2.24, 2.45) is 0 Å². The Kier molecular flexibility index (Phi) is 7.33. The number of aromatic amines is 1. The first-order valence-electron chi connectivity index (χ1n) is 8.39. The summed E-state index contributed by atoms with van der Waals surface area (Å²) in [6.45, 7) is 14.3. The number of hydrogen-bond acceptors (Lipinski definition) is 2. The van der Waals surface area contributed by atoms with Crippen LogP contribution in [0.1, 0.15) is 58.2 Å². The Morgan fingerprint density at radius 3 is 2.45 bits per heavy atom. The third kappa shape index (κ3) is 4.44. The molecule has 0 unspecified atom stereocenters. The van der Waals surface area contributed by atoms with Crippen LogP contribution in [-0.2, 0) is 13.1 Å². The molecular weight excluding hydrogens is 270 g/mol. The van der Waals surface area contributed by atoms with Crippen molar-refractivity contribution in [3.05, 3.63) is 40.8 Å². The summed E-state index contributed by atoms with van der Waals surface area (Å²) in [4.78, 5) is 10.3. The van der Waals surface area contributed by atoms with Gasteiger partial charge in [-0.25, -0.2) is 4.98 Å². The molecule has 3 nitrogen and oxygen atoms in total. The molecule has 1 aliphatic rings. The van der Waals surface area contributed by atoms with Gasteiger partial charge in [0, 0.05) is 20.1 Å². The van der Waals surface area contributed by atoms with Gasteiger partial charge in [0.05, 0.1) is 11.4 Å². The van der Waals surface area contributed by atoms with Gasteiger partial charge in [0.1, 0.15) is 5.82 Å². The van der Waals surface area contributed by atoms with Crippen molar-refractivity contribution in [3.8, 4) is 11.3 Å².